The third kappa shape index (κ3) is 1.56. The van der Waals surface area contributed by atoms with Gasteiger partial charge in [0.2, 0.25) is 0 Å². The average molecular weight is 219 g/mol. The summed E-state index contributed by atoms with van der Waals surface area (Å²) in [4.78, 5) is 0. The number of hydrogen-bond acceptors (Lipinski definition) is 4. The molecule has 4 nitrogen and oxygen atoms in total. The number of fused-ring (bicyclic) bond motifs is 1. The monoisotopic (exact) mass is 219 g/mol. The van der Waals surface area contributed by atoms with Crippen LogP contribution in [0.5, 0.6) is 0 Å². The first-order chi connectivity index (χ1) is 7.84. The maximum atomic E-state index is 5.84. The molecule has 0 radical (unpaired) electrons. The minimum Gasteiger partial charge on any atom is -0.464 e. The van der Waals surface area contributed by atoms with E-state index in [1.807, 2.05) is 18.2 Å². The Morgan fingerprint density at radius 1 is 1.19 bits per heavy atom. The van der Waals surface area contributed by atoms with E-state index in [0.29, 0.717) is 18.9 Å². The van der Waals surface area contributed by atoms with Crippen LogP contribution in [-0.4, -0.2) is 13.2 Å². The minimum absolute atomic E-state index is 0.356. The summed E-state index contributed by atoms with van der Waals surface area (Å²) in [6, 6.07) is 5.62. The molecule has 84 valence electrons. The first-order valence-electron chi connectivity index (χ1n) is 5.34. The molecular formula is C12H13NO3. The Morgan fingerprint density at radius 2 is 2.00 bits per heavy atom. The zero-order chi connectivity index (χ0) is 11.0. The van der Waals surface area contributed by atoms with E-state index >= 15 is 0 Å². The van der Waals surface area contributed by atoms with Gasteiger partial charge in [-0.05, 0) is 24.6 Å². The third-order valence-electron chi connectivity index (χ3n) is 2.68. The van der Waals surface area contributed by atoms with Gasteiger partial charge in [0.25, 0.3) is 0 Å². The largest absolute Gasteiger partial charge is 0.464 e. The van der Waals surface area contributed by atoms with Crippen molar-refractivity contribution in [2.75, 3.05) is 18.9 Å². The number of anilines is 1. The van der Waals surface area contributed by atoms with Crippen LogP contribution in [0.2, 0.25) is 0 Å². The molecule has 0 atom stereocenters. The Hall–Kier alpha value is -1.52. The number of hydrogen-bond donors (Lipinski definition) is 1. The van der Waals surface area contributed by atoms with Gasteiger partial charge in [0, 0.05) is 11.1 Å². The highest BCUT2D eigenvalue weighted by Gasteiger charge is 2.21. The molecule has 2 heterocycles. The first-order valence-corrected chi connectivity index (χ1v) is 5.34. The van der Waals surface area contributed by atoms with E-state index in [-0.39, 0.29) is 6.29 Å². The Kier molecular flexibility index (Phi) is 2.31. The predicted molar refractivity (Wildman–Crippen MR) is 59.9 cm³/mol. The van der Waals surface area contributed by atoms with Crippen molar-refractivity contribution in [3.8, 4) is 0 Å². The molecule has 0 unspecified atom stereocenters. The van der Waals surface area contributed by atoms with Crippen molar-refractivity contribution in [3.63, 3.8) is 0 Å². The lowest BCUT2D eigenvalue weighted by Gasteiger charge is -2.23. The van der Waals surface area contributed by atoms with E-state index in [4.69, 9.17) is 19.6 Å². The van der Waals surface area contributed by atoms with Crippen molar-refractivity contribution in [3.05, 3.63) is 30.0 Å². The molecular weight excluding hydrogens is 206 g/mol. The van der Waals surface area contributed by atoms with Gasteiger partial charge in [-0.2, -0.15) is 0 Å². The number of furan rings is 1. The fourth-order valence-electron chi connectivity index (χ4n) is 1.98. The van der Waals surface area contributed by atoms with Crippen LogP contribution < -0.4 is 5.73 Å². The molecule has 16 heavy (non-hydrogen) atoms. The van der Waals surface area contributed by atoms with Crippen LogP contribution in [-0.2, 0) is 9.47 Å². The van der Waals surface area contributed by atoms with Crippen LogP contribution in [0.4, 0.5) is 5.69 Å². The summed E-state index contributed by atoms with van der Waals surface area (Å²) in [5.41, 5.74) is 8.20. The summed E-state index contributed by atoms with van der Waals surface area (Å²) in [6.45, 7) is 1.42. The van der Waals surface area contributed by atoms with Gasteiger partial charge in [-0.25, -0.2) is 0 Å². The van der Waals surface area contributed by atoms with Gasteiger partial charge in [0.1, 0.15) is 5.58 Å². The van der Waals surface area contributed by atoms with E-state index in [9.17, 15) is 0 Å². The number of ether oxygens (including phenoxy) is 2. The molecule has 3 rings (SSSR count). The van der Waals surface area contributed by atoms with Crippen LogP contribution in [0.3, 0.4) is 0 Å². The smallest absolute Gasteiger partial charge is 0.187 e. The number of benzene rings is 1. The zero-order valence-corrected chi connectivity index (χ0v) is 8.81. The second kappa shape index (κ2) is 3.81. The molecule has 0 saturated carbocycles. The Morgan fingerprint density at radius 3 is 2.81 bits per heavy atom. The predicted octanol–water partition coefficient (Wildman–Crippen LogP) is 2.45. The van der Waals surface area contributed by atoms with Crippen molar-refractivity contribution in [1.82, 2.24) is 0 Å². The van der Waals surface area contributed by atoms with Gasteiger partial charge in [-0.15, -0.1) is 0 Å². The van der Waals surface area contributed by atoms with Crippen molar-refractivity contribution in [2.24, 2.45) is 0 Å². The fraction of sp³-hybridized carbons (Fsp3) is 0.333. The number of rotatable bonds is 1. The molecule has 1 aliphatic heterocycles. The normalized spacial score (nSPS) is 18.0. The van der Waals surface area contributed by atoms with Crippen molar-refractivity contribution in [1.29, 1.82) is 0 Å². The van der Waals surface area contributed by atoms with Crippen LogP contribution in [0.1, 0.15) is 18.3 Å². The van der Waals surface area contributed by atoms with E-state index < -0.39 is 0 Å². The van der Waals surface area contributed by atoms with Gasteiger partial charge >= 0.3 is 0 Å². The molecule has 0 bridgehead atoms. The fourth-order valence-corrected chi connectivity index (χ4v) is 1.98. The maximum absolute atomic E-state index is 5.84. The van der Waals surface area contributed by atoms with Gasteiger partial charge in [-0.1, -0.05) is 0 Å². The molecule has 0 spiro atoms. The standard InChI is InChI=1S/C12H13NO3/c13-9-6-8-2-5-14-11(8)10(7-9)12-15-3-1-4-16-12/h2,5-7,12H,1,3-4,13H2. The summed E-state index contributed by atoms with van der Waals surface area (Å²) in [5, 5.41) is 0.979. The maximum Gasteiger partial charge on any atom is 0.187 e. The lowest BCUT2D eigenvalue weighted by Crippen LogP contribution is -2.18. The van der Waals surface area contributed by atoms with E-state index in [1.54, 1.807) is 6.26 Å². The van der Waals surface area contributed by atoms with Gasteiger partial charge in [0.15, 0.2) is 6.29 Å². The quantitative estimate of drug-likeness (QED) is 0.748. The van der Waals surface area contributed by atoms with Crippen LogP contribution in [0.15, 0.2) is 28.9 Å². The highest BCUT2D eigenvalue weighted by atomic mass is 16.7. The summed E-state index contributed by atoms with van der Waals surface area (Å²) >= 11 is 0. The van der Waals surface area contributed by atoms with E-state index in [0.717, 1.165) is 23.0 Å². The topological polar surface area (TPSA) is 57.6 Å². The highest BCUT2D eigenvalue weighted by Crippen LogP contribution is 2.32. The third-order valence-corrected chi connectivity index (χ3v) is 2.68. The lowest BCUT2D eigenvalue weighted by atomic mass is 10.1. The first kappa shape index (κ1) is 9.69. The number of nitrogen functional groups attached to an aromatic ring is 1. The summed E-state index contributed by atoms with van der Waals surface area (Å²) < 4.78 is 16.6. The molecule has 1 saturated heterocycles. The second-order valence-corrected chi connectivity index (χ2v) is 3.88. The SMILES string of the molecule is Nc1cc(C2OCCCO2)c2occc2c1. The van der Waals surface area contributed by atoms with Gasteiger partial charge < -0.3 is 19.6 Å². The molecule has 1 aromatic carbocycles. The molecule has 4 heteroatoms. The molecule has 2 aromatic rings. The molecule has 1 aliphatic rings. The summed E-state index contributed by atoms with van der Waals surface area (Å²) in [7, 11) is 0. The Balaban J connectivity index is 2.09. The molecule has 1 fully saturated rings. The second-order valence-electron chi connectivity index (χ2n) is 3.88. The number of nitrogens with two attached hydrogens (primary N) is 1. The zero-order valence-electron chi connectivity index (χ0n) is 8.81. The van der Waals surface area contributed by atoms with Crippen LogP contribution in [0.25, 0.3) is 11.0 Å². The lowest BCUT2D eigenvalue weighted by molar-refractivity contribution is -0.182. The van der Waals surface area contributed by atoms with Crippen molar-refractivity contribution in [2.45, 2.75) is 12.7 Å². The minimum atomic E-state index is -0.356. The molecule has 2 N–H and O–H groups in total. The Labute approximate surface area is 92.9 Å². The van der Waals surface area contributed by atoms with Crippen molar-refractivity contribution >= 4 is 16.7 Å². The van der Waals surface area contributed by atoms with Crippen LogP contribution >= 0.6 is 0 Å². The summed E-state index contributed by atoms with van der Waals surface area (Å²) in [6.07, 6.45) is 2.22. The highest BCUT2D eigenvalue weighted by molar-refractivity contribution is 5.84. The van der Waals surface area contributed by atoms with Crippen LogP contribution in [0, 0.1) is 0 Å². The van der Waals surface area contributed by atoms with Crippen molar-refractivity contribution < 1.29 is 13.9 Å². The Bertz CT molecular complexity index is 500. The molecule has 1 aromatic heterocycles. The van der Waals surface area contributed by atoms with E-state index in [1.165, 1.54) is 0 Å². The molecule has 0 amide bonds. The average Bonchev–Trinajstić information content (AvgIpc) is 2.77. The summed E-state index contributed by atoms with van der Waals surface area (Å²) in [5.74, 6) is 0. The molecule has 0 aliphatic carbocycles. The van der Waals surface area contributed by atoms with Gasteiger partial charge in [-0.3, -0.25) is 0 Å². The van der Waals surface area contributed by atoms with E-state index in [2.05, 4.69) is 0 Å². The van der Waals surface area contributed by atoms with Gasteiger partial charge in [0.05, 0.1) is 25.0 Å².